The van der Waals surface area contributed by atoms with Crippen LogP contribution in [0, 0.1) is 6.92 Å². The first-order valence-electron chi connectivity index (χ1n) is 5.53. The van der Waals surface area contributed by atoms with Gasteiger partial charge in [0.2, 0.25) is 0 Å². The summed E-state index contributed by atoms with van der Waals surface area (Å²) in [6.45, 7) is 1.52. The molecule has 2 aromatic rings. The molecule has 0 radical (unpaired) electrons. The number of para-hydroxylation sites is 1. The number of thiazole rings is 1. The second-order valence-corrected chi connectivity index (χ2v) is 5.62. The van der Waals surface area contributed by atoms with Crippen molar-refractivity contribution in [3.05, 3.63) is 39.4 Å². The number of aromatic nitrogens is 1. The largest absolute Gasteiger partial charge is 0.476 e. The summed E-state index contributed by atoms with van der Waals surface area (Å²) in [7, 11) is 0. The number of rotatable bonds is 3. The van der Waals surface area contributed by atoms with Crippen molar-refractivity contribution >= 4 is 39.7 Å². The molecule has 0 fully saturated rings. The van der Waals surface area contributed by atoms with E-state index in [-0.39, 0.29) is 21.5 Å². The van der Waals surface area contributed by atoms with Crippen LogP contribution in [0.4, 0.5) is 24.0 Å². The maximum Gasteiger partial charge on any atom is 0.418 e. The molecule has 0 aliphatic heterocycles. The van der Waals surface area contributed by atoms with Gasteiger partial charge in [-0.3, -0.25) is 0 Å². The van der Waals surface area contributed by atoms with E-state index in [0.717, 1.165) is 17.4 Å². The zero-order valence-electron chi connectivity index (χ0n) is 10.5. The summed E-state index contributed by atoms with van der Waals surface area (Å²) in [5.41, 5.74) is -1.50. The maximum atomic E-state index is 12.9. The number of aromatic carboxylic acids is 1. The van der Waals surface area contributed by atoms with Crippen LogP contribution in [0.3, 0.4) is 0 Å². The van der Waals surface area contributed by atoms with Crippen molar-refractivity contribution in [1.29, 1.82) is 0 Å². The second-order valence-electron chi connectivity index (χ2n) is 4.01. The normalized spacial score (nSPS) is 11.5. The Labute approximate surface area is 126 Å². The minimum atomic E-state index is -4.59. The Morgan fingerprint density at radius 2 is 2.10 bits per heavy atom. The fourth-order valence-corrected chi connectivity index (χ4v) is 2.67. The third kappa shape index (κ3) is 3.27. The van der Waals surface area contributed by atoms with Crippen molar-refractivity contribution in [2.24, 2.45) is 0 Å². The van der Waals surface area contributed by atoms with E-state index in [1.807, 2.05) is 0 Å². The maximum absolute atomic E-state index is 12.9. The Kier molecular flexibility index (Phi) is 4.11. The lowest BCUT2D eigenvalue weighted by Gasteiger charge is -2.14. The van der Waals surface area contributed by atoms with E-state index in [1.165, 1.54) is 19.1 Å². The predicted octanol–water partition coefficient (Wildman–Crippen LogP) is 4.57. The number of hydrogen-bond acceptors (Lipinski definition) is 4. The summed E-state index contributed by atoms with van der Waals surface area (Å²) >= 11 is 6.73. The predicted molar refractivity (Wildman–Crippen MR) is 73.5 cm³/mol. The van der Waals surface area contributed by atoms with E-state index in [9.17, 15) is 18.0 Å². The summed E-state index contributed by atoms with van der Waals surface area (Å²) in [5.74, 6) is -1.24. The molecule has 0 aliphatic rings. The van der Waals surface area contributed by atoms with E-state index < -0.39 is 17.7 Å². The monoisotopic (exact) mass is 336 g/mol. The topological polar surface area (TPSA) is 62.2 Å². The lowest BCUT2D eigenvalue weighted by molar-refractivity contribution is -0.136. The molecule has 1 heterocycles. The fraction of sp³-hybridized carbons (Fsp3) is 0.167. The van der Waals surface area contributed by atoms with Crippen LogP contribution in [0.2, 0.25) is 5.02 Å². The summed E-state index contributed by atoms with van der Waals surface area (Å²) in [6.07, 6.45) is -4.59. The van der Waals surface area contributed by atoms with Crippen LogP contribution in [0.1, 0.15) is 20.9 Å². The Morgan fingerprint density at radius 3 is 2.62 bits per heavy atom. The summed E-state index contributed by atoms with van der Waals surface area (Å²) in [6, 6.07) is 3.37. The smallest absolute Gasteiger partial charge is 0.418 e. The van der Waals surface area contributed by atoms with Gasteiger partial charge in [0.15, 0.2) is 10.8 Å². The zero-order chi connectivity index (χ0) is 15.8. The number of halogens is 4. The van der Waals surface area contributed by atoms with Crippen LogP contribution in [0.25, 0.3) is 0 Å². The molecule has 0 unspecified atom stereocenters. The highest BCUT2D eigenvalue weighted by Gasteiger charge is 2.34. The first kappa shape index (κ1) is 15.6. The Morgan fingerprint density at radius 1 is 1.43 bits per heavy atom. The number of aryl methyl sites for hydroxylation is 1. The number of alkyl halides is 3. The summed E-state index contributed by atoms with van der Waals surface area (Å²) in [4.78, 5) is 15.0. The number of nitrogens with zero attached hydrogens (tertiary/aromatic N) is 1. The highest BCUT2D eigenvalue weighted by molar-refractivity contribution is 7.15. The Hall–Kier alpha value is -1.80. The Balaban J connectivity index is 2.45. The van der Waals surface area contributed by atoms with Crippen molar-refractivity contribution in [3.63, 3.8) is 0 Å². The van der Waals surface area contributed by atoms with Gasteiger partial charge in [0.25, 0.3) is 0 Å². The highest BCUT2D eigenvalue weighted by atomic mass is 35.5. The molecule has 0 spiro atoms. The Bertz CT molecular complexity index is 700. The van der Waals surface area contributed by atoms with Gasteiger partial charge in [0.05, 0.1) is 16.3 Å². The third-order valence-corrected chi connectivity index (χ3v) is 3.75. The molecule has 0 aliphatic carbocycles. The van der Waals surface area contributed by atoms with Crippen LogP contribution in [0.15, 0.2) is 18.2 Å². The number of carboxylic acid groups (broad SMARTS) is 1. The zero-order valence-corrected chi connectivity index (χ0v) is 12.0. The van der Waals surface area contributed by atoms with E-state index in [0.29, 0.717) is 4.88 Å². The molecule has 1 aromatic heterocycles. The quantitative estimate of drug-likeness (QED) is 0.862. The number of hydrogen-bond donors (Lipinski definition) is 2. The van der Waals surface area contributed by atoms with Crippen molar-refractivity contribution < 1.29 is 23.1 Å². The SMILES string of the molecule is Cc1sc(Nc2c(Cl)cccc2C(F)(F)F)nc1C(=O)O. The van der Waals surface area contributed by atoms with Crippen molar-refractivity contribution in [2.45, 2.75) is 13.1 Å². The molecule has 2 rings (SSSR count). The van der Waals surface area contributed by atoms with Crippen LogP contribution in [-0.2, 0) is 6.18 Å². The van der Waals surface area contributed by atoms with Gasteiger partial charge in [-0.15, -0.1) is 11.3 Å². The molecule has 1 aromatic carbocycles. The van der Waals surface area contributed by atoms with E-state index >= 15 is 0 Å². The van der Waals surface area contributed by atoms with Gasteiger partial charge in [-0.05, 0) is 19.1 Å². The number of benzene rings is 1. The number of anilines is 2. The van der Waals surface area contributed by atoms with Gasteiger partial charge in [-0.2, -0.15) is 13.2 Å². The van der Waals surface area contributed by atoms with Crippen LogP contribution in [0.5, 0.6) is 0 Å². The second kappa shape index (κ2) is 5.53. The van der Waals surface area contributed by atoms with Gasteiger partial charge in [0, 0.05) is 4.88 Å². The van der Waals surface area contributed by atoms with E-state index in [4.69, 9.17) is 16.7 Å². The molecule has 112 valence electrons. The van der Waals surface area contributed by atoms with Crippen molar-refractivity contribution in [1.82, 2.24) is 4.98 Å². The van der Waals surface area contributed by atoms with Gasteiger partial charge >= 0.3 is 12.1 Å². The average Bonchev–Trinajstić information content (AvgIpc) is 2.71. The molecule has 0 atom stereocenters. The van der Waals surface area contributed by atoms with Crippen molar-refractivity contribution in [2.75, 3.05) is 5.32 Å². The summed E-state index contributed by atoms with van der Waals surface area (Å²) < 4.78 is 38.8. The summed E-state index contributed by atoms with van der Waals surface area (Å²) in [5, 5.41) is 11.3. The van der Waals surface area contributed by atoms with Gasteiger partial charge in [-0.1, -0.05) is 17.7 Å². The molecule has 4 nitrogen and oxygen atoms in total. The molecule has 0 saturated heterocycles. The minimum Gasteiger partial charge on any atom is -0.476 e. The lowest BCUT2D eigenvalue weighted by Crippen LogP contribution is -2.09. The number of carboxylic acids is 1. The molecule has 0 saturated carbocycles. The first-order valence-corrected chi connectivity index (χ1v) is 6.73. The molecule has 21 heavy (non-hydrogen) atoms. The molecular formula is C12H8ClF3N2O2S. The van der Waals surface area contributed by atoms with E-state index in [1.54, 1.807) is 0 Å². The lowest BCUT2D eigenvalue weighted by atomic mass is 10.1. The number of nitrogens with one attached hydrogen (secondary N) is 1. The van der Waals surface area contributed by atoms with Crippen molar-refractivity contribution in [3.8, 4) is 0 Å². The third-order valence-electron chi connectivity index (χ3n) is 2.55. The highest BCUT2D eigenvalue weighted by Crippen LogP contribution is 2.40. The number of carbonyl (C=O) groups is 1. The van der Waals surface area contributed by atoms with Gasteiger partial charge in [-0.25, -0.2) is 9.78 Å². The standard InChI is InChI=1S/C12H8ClF3N2O2S/c1-5-8(10(19)20)17-11(21-5)18-9-6(12(14,15)16)3-2-4-7(9)13/h2-4H,1H3,(H,17,18)(H,19,20). The molecule has 9 heteroatoms. The average molecular weight is 337 g/mol. The van der Waals surface area contributed by atoms with Crippen LogP contribution < -0.4 is 5.32 Å². The van der Waals surface area contributed by atoms with E-state index in [2.05, 4.69) is 10.3 Å². The first-order chi connectivity index (χ1) is 9.70. The fourth-order valence-electron chi connectivity index (χ4n) is 1.64. The minimum absolute atomic E-state index is 0.0310. The van der Waals surface area contributed by atoms with Gasteiger partial charge < -0.3 is 10.4 Å². The molecular weight excluding hydrogens is 329 g/mol. The van der Waals surface area contributed by atoms with Gasteiger partial charge in [0.1, 0.15) is 0 Å². The molecule has 0 bridgehead atoms. The molecule has 2 N–H and O–H groups in total. The van der Waals surface area contributed by atoms with Crippen LogP contribution in [-0.4, -0.2) is 16.1 Å². The van der Waals surface area contributed by atoms with Crippen LogP contribution >= 0.6 is 22.9 Å². The molecule has 0 amide bonds.